The van der Waals surface area contributed by atoms with E-state index in [1.165, 1.54) is 0 Å². The van der Waals surface area contributed by atoms with Crippen LogP contribution in [0.4, 0.5) is 0 Å². The molecule has 20 heavy (non-hydrogen) atoms. The third-order valence-electron chi connectivity index (χ3n) is 2.41. The van der Waals surface area contributed by atoms with Crippen molar-refractivity contribution >= 4 is 5.91 Å². The lowest BCUT2D eigenvalue weighted by molar-refractivity contribution is -0.119. The molecule has 0 bridgehead atoms. The summed E-state index contributed by atoms with van der Waals surface area (Å²) in [7, 11) is 0. The molecule has 0 radical (unpaired) electrons. The number of primary amides is 1. The number of amides is 1. The van der Waals surface area contributed by atoms with Crippen molar-refractivity contribution in [1.29, 1.82) is 0 Å². The molecule has 0 aliphatic rings. The van der Waals surface area contributed by atoms with Gasteiger partial charge in [-0.1, -0.05) is 24.3 Å². The monoisotopic (exact) mass is 278 g/mol. The van der Waals surface area contributed by atoms with Crippen molar-refractivity contribution in [3.63, 3.8) is 0 Å². The first kappa shape index (κ1) is 16.2. The maximum absolute atomic E-state index is 10.6. The van der Waals surface area contributed by atoms with Crippen LogP contribution in [0.1, 0.15) is 12.5 Å². The Balaban J connectivity index is 2.18. The summed E-state index contributed by atoms with van der Waals surface area (Å²) in [5.74, 6) is 0.155. The van der Waals surface area contributed by atoms with E-state index in [1.807, 2.05) is 31.2 Å². The summed E-state index contributed by atoms with van der Waals surface area (Å²) in [6.07, 6.45) is 0. The van der Waals surface area contributed by atoms with Gasteiger partial charge in [0, 0.05) is 13.1 Å². The summed E-state index contributed by atoms with van der Waals surface area (Å²) in [6, 6.07) is 7.52. The molecule has 0 heterocycles. The summed E-state index contributed by atoms with van der Waals surface area (Å²) in [4.78, 5) is 10.6. The predicted molar refractivity (Wildman–Crippen MR) is 78.5 cm³/mol. The molecule has 0 atom stereocenters. The number of hydrogen-bond acceptors (Lipinski definition) is 4. The molecule has 0 saturated heterocycles. The molecule has 0 unspecified atom stereocenters. The van der Waals surface area contributed by atoms with Gasteiger partial charge in [-0.25, -0.2) is 0 Å². The smallest absolute Gasteiger partial charge is 0.255 e. The van der Waals surface area contributed by atoms with E-state index in [0.29, 0.717) is 19.0 Å². The van der Waals surface area contributed by atoms with Gasteiger partial charge in [0.2, 0.25) is 0 Å². The quantitative estimate of drug-likeness (QED) is 0.499. The van der Waals surface area contributed by atoms with E-state index in [0.717, 1.165) is 24.2 Å². The van der Waals surface area contributed by atoms with Crippen LogP contribution in [-0.2, 0) is 16.1 Å². The Hall–Kier alpha value is -1.85. The first-order valence-corrected chi connectivity index (χ1v) is 6.51. The fraction of sp³-hybridized carbons (Fsp3) is 0.400. The lowest BCUT2D eigenvalue weighted by Gasteiger charge is -2.07. The van der Waals surface area contributed by atoms with Crippen LogP contribution in [0.2, 0.25) is 0 Å². The summed E-state index contributed by atoms with van der Waals surface area (Å²) >= 11 is 0. The second-order valence-corrected chi connectivity index (χ2v) is 4.59. The largest absolute Gasteiger partial charge is 0.484 e. The molecule has 0 aliphatic carbocycles. The van der Waals surface area contributed by atoms with E-state index in [9.17, 15) is 4.79 Å². The molecule has 0 aromatic heterocycles. The van der Waals surface area contributed by atoms with Crippen LogP contribution in [0.25, 0.3) is 0 Å². The maximum atomic E-state index is 10.6. The van der Waals surface area contributed by atoms with Gasteiger partial charge in [0.25, 0.3) is 5.91 Å². The van der Waals surface area contributed by atoms with Gasteiger partial charge in [-0.2, -0.15) is 0 Å². The van der Waals surface area contributed by atoms with Crippen LogP contribution in [0.5, 0.6) is 5.75 Å². The van der Waals surface area contributed by atoms with Crippen molar-refractivity contribution in [2.45, 2.75) is 13.5 Å². The molecular weight excluding hydrogens is 256 g/mol. The molecule has 5 heteroatoms. The lowest BCUT2D eigenvalue weighted by atomic mass is 10.2. The van der Waals surface area contributed by atoms with Crippen molar-refractivity contribution in [1.82, 2.24) is 5.32 Å². The third kappa shape index (κ3) is 7.56. The van der Waals surface area contributed by atoms with Crippen molar-refractivity contribution in [3.8, 4) is 5.75 Å². The van der Waals surface area contributed by atoms with Gasteiger partial charge >= 0.3 is 0 Å². The number of hydrogen-bond donors (Lipinski definition) is 2. The Morgan fingerprint density at radius 2 is 2.00 bits per heavy atom. The molecular formula is C15H22N2O3. The average molecular weight is 278 g/mol. The number of nitrogens with two attached hydrogens (primary N) is 1. The van der Waals surface area contributed by atoms with Crippen molar-refractivity contribution in [2.24, 2.45) is 5.73 Å². The number of benzene rings is 1. The molecule has 0 saturated carbocycles. The zero-order chi connectivity index (χ0) is 14.8. The van der Waals surface area contributed by atoms with Crippen LogP contribution in [0.3, 0.4) is 0 Å². The summed E-state index contributed by atoms with van der Waals surface area (Å²) in [5, 5.41) is 3.28. The highest BCUT2D eigenvalue weighted by atomic mass is 16.5. The number of rotatable bonds is 10. The number of carbonyl (C=O) groups excluding carboxylic acids is 1. The molecule has 3 N–H and O–H groups in total. The van der Waals surface area contributed by atoms with Gasteiger partial charge in [0.15, 0.2) is 6.61 Å². The number of carbonyl (C=O) groups is 1. The van der Waals surface area contributed by atoms with E-state index in [4.69, 9.17) is 15.2 Å². The second kappa shape index (κ2) is 9.12. The Morgan fingerprint density at radius 1 is 1.30 bits per heavy atom. The molecule has 1 aromatic carbocycles. The molecule has 0 aliphatic heterocycles. The summed E-state index contributed by atoms with van der Waals surface area (Å²) < 4.78 is 10.6. The molecule has 5 nitrogen and oxygen atoms in total. The van der Waals surface area contributed by atoms with Gasteiger partial charge in [-0.15, -0.1) is 0 Å². The zero-order valence-corrected chi connectivity index (χ0v) is 11.9. The van der Waals surface area contributed by atoms with Crippen molar-refractivity contribution in [3.05, 3.63) is 42.0 Å². The van der Waals surface area contributed by atoms with Gasteiger partial charge in [-0.05, 0) is 24.6 Å². The van der Waals surface area contributed by atoms with Gasteiger partial charge < -0.3 is 20.5 Å². The van der Waals surface area contributed by atoms with E-state index in [-0.39, 0.29) is 6.61 Å². The van der Waals surface area contributed by atoms with Crippen LogP contribution in [0.15, 0.2) is 36.4 Å². The molecule has 110 valence electrons. The first-order valence-electron chi connectivity index (χ1n) is 6.51. The van der Waals surface area contributed by atoms with Crippen molar-refractivity contribution in [2.75, 3.05) is 26.4 Å². The molecule has 0 spiro atoms. The number of nitrogens with one attached hydrogen (secondary N) is 1. The lowest BCUT2D eigenvalue weighted by Crippen LogP contribution is -2.20. The summed E-state index contributed by atoms with van der Waals surface area (Å²) in [6.45, 7) is 8.41. The van der Waals surface area contributed by atoms with Gasteiger partial charge in [0.1, 0.15) is 5.75 Å². The number of ether oxygens (including phenoxy) is 2. The van der Waals surface area contributed by atoms with Crippen LogP contribution in [0, 0.1) is 0 Å². The minimum atomic E-state index is -0.481. The Morgan fingerprint density at radius 3 is 2.60 bits per heavy atom. The second-order valence-electron chi connectivity index (χ2n) is 4.59. The van der Waals surface area contributed by atoms with E-state index in [1.54, 1.807) is 0 Å². The van der Waals surface area contributed by atoms with E-state index in [2.05, 4.69) is 11.9 Å². The summed E-state index contributed by atoms with van der Waals surface area (Å²) in [5.41, 5.74) is 7.16. The average Bonchev–Trinajstić information content (AvgIpc) is 2.41. The Bertz CT molecular complexity index is 429. The fourth-order valence-electron chi connectivity index (χ4n) is 1.48. The minimum absolute atomic E-state index is 0.0995. The SMILES string of the molecule is C=C(C)COCCNCc1ccc(OCC(N)=O)cc1. The highest BCUT2D eigenvalue weighted by Gasteiger charge is 1.98. The van der Waals surface area contributed by atoms with Gasteiger partial charge in [0.05, 0.1) is 13.2 Å². The van der Waals surface area contributed by atoms with Crippen LogP contribution < -0.4 is 15.8 Å². The zero-order valence-electron chi connectivity index (χ0n) is 11.9. The van der Waals surface area contributed by atoms with Crippen LogP contribution in [-0.4, -0.2) is 32.3 Å². The normalized spacial score (nSPS) is 10.2. The predicted octanol–water partition coefficient (Wildman–Crippen LogP) is 1.23. The highest BCUT2D eigenvalue weighted by Crippen LogP contribution is 2.11. The van der Waals surface area contributed by atoms with Crippen LogP contribution >= 0.6 is 0 Å². The maximum Gasteiger partial charge on any atom is 0.255 e. The Labute approximate surface area is 119 Å². The van der Waals surface area contributed by atoms with Crippen molar-refractivity contribution < 1.29 is 14.3 Å². The Kier molecular flexibility index (Phi) is 7.39. The highest BCUT2D eigenvalue weighted by molar-refractivity contribution is 5.75. The first-order chi connectivity index (χ1) is 9.58. The minimum Gasteiger partial charge on any atom is -0.484 e. The van der Waals surface area contributed by atoms with E-state index >= 15 is 0 Å². The standard InChI is InChI=1S/C15H22N2O3/c1-12(2)10-19-8-7-17-9-13-3-5-14(6-4-13)20-11-15(16)18/h3-6,17H,1,7-11H2,2H3,(H2,16,18). The van der Waals surface area contributed by atoms with E-state index < -0.39 is 5.91 Å². The van der Waals surface area contributed by atoms with Gasteiger partial charge in [-0.3, -0.25) is 4.79 Å². The molecule has 1 aromatic rings. The molecule has 0 fully saturated rings. The molecule has 1 rings (SSSR count). The third-order valence-corrected chi connectivity index (χ3v) is 2.41. The topological polar surface area (TPSA) is 73.6 Å². The molecule has 1 amide bonds. The fourth-order valence-corrected chi connectivity index (χ4v) is 1.48.